The van der Waals surface area contributed by atoms with E-state index in [9.17, 15) is 0 Å². The van der Waals surface area contributed by atoms with Crippen molar-refractivity contribution in [2.24, 2.45) is 10.7 Å². The fourth-order valence-electron chi connectivity index (χ4n) is 1.31. The summed E-state index contributed by atoms with van der Waals surface area (Å²) in [6.45, 7) is 0.730. The highest BCUT2D eigenvalue weighted by Gasteiger charge is 2.04. The maximum absolute atomic E-state index is 5.82. The molecule has 0 aromatic heterocycles. The van der Waals surface area contributed by atoms with Gasteiger partial charge in [-0.15, -0.1) is 0 Å². The normalized spacial score (nSPS) is 14.8. The van der Waals surface area contributed by atoms with Crippen molar-refractivity contribution in [3.8, 4) is 0 Å². The summed E-state index contributed by atoms with van der Waals surface area (Å²) in [6.07, 6.45) is 3.60. The van der Waals surface area contributed by atoms with Crippen LogP contribution in [0.15, 0.2) is 35.3 Å². The van der Waals surface area contributed by atoms with Crippen LogP contribution in [0.3, 0.4) is 0 Å². The minimum absolute atomic E-state index is 0.730. The van der Waals surface area contributed by atoms with E-state index >= 15 is 0 Å². The molecule has 0 radical (unpaired) electrons. The highest BCUT2D eigenvalue weighted by molar-refractivity contribution is 5.85. The van der Waals surface area contributed by atoms with Gasteiger partial charge in [-0.05, 0) is 11.6 Å². The molecule has 1 heterocycles. The number of hydrogen-bond acceptors (Lipinski definition) is 2. The van der Waals surface area contributed by atoms with Gasteiger partial charge in [0.05, 0.1) is 6.54 Å². The Morgan fingerprint density at radius 1 is 1.25 bits per heavy atom. The van der Waals surface area contributed by atoms with Crippen LogP contribution in [0.4, 0.5) is 0 Å². The molecule has 2 rings (SSSR count). The molecular weight excluding hydrogens is 148 g/mol. The highest BCUT2D eigenvalue weighted by Crippen LogP contribution is 2.17. The monoisotopic (exact) mass is 158 g/mol. The largest absolute Gasteiger partial charge is 0.398 e. The Hall–Kier alpha value is -1.57. The van der Waals surface area contributed by atoms with Crippen LogP contribution in [-0.4, -0.2) is 6.21 Å². The Balaban J connectivity index is 2.58. The topological polar surface area (TPSA) is 38.4 Å². The quantitative estimate of drug-likeness (QED) is 0.611. The average molecular weight is 158 g/mol. The van der Waals surface area contributed by atoms with E-state index in [0.29, 0.717) is 0 Å². The van der Waals surface area contributed by atoms with Gasteiger partial charge in [0, 0.05) is 17.5 Å². The van der Waals surface area contributed by atoms with Gasteiger partial charge in [-0.25, -0.2) is 0 Å². The molecule has 0 amide bonds. The van der Waals surface area contributed by atoms with Crippen molar-refractivity contribution in [2.75, 3.05) is 0 Å². The van der Waals surface area contributed by atoms with Crippen molar-refractivity contribution in [3.05, 3.63) is 41.5 Å². The number of nitrogens with zero attached hydrogens (tertiary/aromatic N) is 1. The molecule has 1 aromatic carbocycles. The lowest BCUT2D eigenvalue weighted by molar-refractivity contribution is 1.07. The number of nitrogens with two attached hydrogens (primary N) is 1. The first-order valence-electron chi connectivity index (χ1n) is 3.92. The van der Waals surface area contributed by atoms with Crippen molar-refractivity contribution in [1.29, 1.82) is 0 Å². The smallest absolute Gasteiger partial charge is 0.0646 e. The molecule has 1 aromatic rings. The maximum Gasteiger partial charge on any atom is 0.0646 e. The van der Waals surface area contributed by atoms with E-state index in [-0.39, 0.29) is 0 Å². The zero-order chi connectivity index (χ0) is 8.39. The third-order valence-electron chi connectivity index (χ3n) is 1.95. The van der Waals surface area contributed by atoms with Crippen LogP contribution in [0.5, 0.6) is 0 Å². The number of aliphatic imine (C=N–C) groups is 1. The molecular formula is C10H10N2. The Labute approximate surface area is 71.4 Å². The Morgan fingerprint density at radius 2 is 2.08 bits per heavy atom. The number of fused-ring (bicyclic) bond motifs is 1. The van der Waals surface area contributed by atoms with Crippen LogP contribution in [0.25, 0.3) is 5.70 Å². The summed E-state index contributed by atoms with van der Waals surface area (Å²) < 4.78 is 0. The zero-order valence-electron chi connectivity index (χ0n) is 6.70. The lowest BCUT2D eigenvalue weighted by Gasteiger charge is -2.04. The Kier molecular flexibility index (Phi) is 1.67. The first-order valence-corrected chi connectivity index (χ1v) is 3.92. The van der Waals surface area contributed by atoms with Crippen LogP contribution < -0.4 is 5.73 Å². The summed E-state index contributed by atoms with van der Waals surface area (Å²) in [5, 5.41) is 0. The van der Waals surface area contributed by atoms with E-state index in [1.807, 2.05) is 24.3 Å². The van der Waals surface area contributed by atoms with Gasteiger partial charge in [0.1, 0.15) is 0 Å². The fourth-order valence-corrected chi connectivity index (χ4v) is 1.31. The van der Waals surface area contributed by atoms with Gasteiger partial charge in [0.2, 0.25) is 0 Å². The second-order valence-corrected chi connectivity index (χ2v) is 2.77. The minimum atomic E-state index is 0.730. The molecule has 2 heteroatoms. The molecule has 1 aliphatic heterocycles. The summed E-state index contributed by atoms with van der Waals surface area (Å²) in [6, 6.07) is 8.08. The van der Waals surface area contributed by atoms with Crippen molar-refractivity contribution < 1.29 is 0 Å². The third-order valence-corrected chi connectivity index (χ3v) is 1.95. The molecule has 60 valence electrons. The molecule has 0 spiro atoms. The molecule has 12 heavy (non-hydrogen) atoms. The van der Waals surface area contributed by atoms with Gasteiger partial charge in [0.25, 0.3) is 0 Å². The molecule has 2 nitrogen and oxygen atoms in total. The Morgan fingerprint density at radius 3 is 3.00 bits per heavy atom. The van der Waals surface area contributed by atoms with Crippen LogP contribution in [0.2, 0.25) is 0 Å². The van der Waals surface area contributed by atoms with Crippen LogP contribution >= 0.6 is 0 Å². The lowest BCUT2D eigenvalue weighted by Crippen LogP contribution is -1.98. The maximum atomic E-state index is 5.82. The first-order chi connectivity index (χ1) is 5.88. The SMILES string of the molecule is NC1=CC=NCc2ccccc21. The molecule has 1 aliphatic rings. The fraction of sp³-hybridized carbons (Fsp3) is 0.100. The van der Waals surface area contributed by atoms with Gasteiger partial charge >= 0.3 is 0 Å². The number of rotatable bonds is 0. The number of benzene rings is 1. The van der Waals surface area contributed by atoms with Crippen LogP contribution in [0.1, 0.15) is 11.1 Å². The van der Waals surface area contributed by atoms with Crippen LogP contribution in [-0.2, 0) is 6.54 Å². The van der Waals surface area contributed by atoms with Crippen molar-refractivity contribution in [1.82, 2.24) is 0 Å². The van der Waals surface area contributed by atoms with E-state index in [1.54, 1.807) is 6.21 Å². The van der Waals surface area contributed by atoms with Gasteiger partial charge in [-0.1, -0.05) is 24.3 Å². The average Bonchev–Trinajstić information content (AvgIpc) is 2.29. The number of hydrogen-bond donors (Lipinski definition) is 1. The predicted octanol–water partition coefficient (Wildman–Crippen LogP) is 1.57. The second kappa shape index (κ2) is 2.81. The highest BCUT2D eigenvalue weighted by atomic mass is 14.7. The Bertz CT molecular complexity index is 351. The second-order valence-electron chi connectivity index (χ2n) is 2.77. The number of allylic oxidation sites excluding steroid dienone is 1. The van der Waals surface area contributed by atoms with Crippen molar-refractivity contribution in [3.63, 3.8) is 0 Å². The predicted molar refractivity (Wildman–Crippen MR) is 50.8 cm³/mol. The molecule has 0 saturated carbocycles. The summed E-state index contributed by atoms with van der Waals surface area (Å²) in [5.41, 5.74) is 8.92. The standard InChI is InChI=1S/C10H10N2/c11-10-5-6-12-7-8-3-1-2-4-9(8)10/h1-6H,7,11H2. The van der Waals surface area contributed by atoms with E-state index < -0.39 is 0 Å². The van der Waals surface area contributed by atoms with E-state index in [2.05, 4.69) is 11.1 Å². The summed E-state index contributed by atoms with van der Waals surface area (Å²) in [4.78, 5) is 4.18. The molecule has 0 bridgehead atoms. The van der Waals surface area contributed by atoms with Gasteiger partial charge in [0.15, 0.2) is 0 Å². The third kappa shape index (κ3) is 1.11. The van der Waals surface area contributed by atoms with Crippen molar-refractivity contribution in [2.45, 2.75) is 6.54 Å². The van der Waals surface area contributed by atoms with E-state index in [1.165, 1.54) is 5.56 Å². The molecule has 0 fully saturated rings. The van der Waals surface area contributed by atoms with E-state index in [0.717, 1.165) is 17.8 Å². The summed E-state index contributed by atoms with van der Waals surface area (Å²) >= 11 is 0. The molecule has 2 N–H and O–H groups in total. The molecule has 0 aliphatic carbocycles. The summed E-state index contributed by atoms with van der Waals surface area (Å²) in [7, 11) is 0. The van der Waals surface area contributed by atoms with Gasteiger partial charge < -0.3 is 5.73 Å². The van der Waals surface area contributed by atoms with E-state index in [4.69, 9.17) is 5.73 Å². The zero-order valence-corrected chi connectivity index (χ0v) is 6.70. The van der Waals surface area contributed by atoms with Gasteiger partial charge in [-0.3, -0.25) is 4.99 Å². The molecule has 0 unspecified atom stereocenters. The lowest BCUT2D eigenvalue weighted by atomic mass is 10.1. The molecule has 0 saturated heterocycles. The van der Waals surface area contributed by atoms with Crippen LogP contribution in [0, 0.1) is 0 Å². The summed E-state index contributed by atoms with van der Waals surface area (Å²) in [5.74, 6) is 0. The minimum Gasteiger partial charge on any atom is -0.398 e. The molecule has 0 atom stereocenters. The van der Waals surface area contributed by atoms with Gasteiger partial charge in [-0.2, -0.15) is 0 Å². The van der Waals surface area contributed by atoms with Crippen molar-refractivity contribution >= 4 is 11.9 Å². The first kappa shape index (κ1) is 7.10.